The van der Waals surface area contributed by atoms with Gasteiger partial charge in [-0.1, -0.05) is 60.8 Å². The Morgan fingerprint density at radius 2 is 1.81 bits per heavy atom. The van der Waals surface area contributed by atoms with Crippen LogP contribution in [0.15, 0.2) is 41.6 Å². The molecule has 16 heavy (non-hydrogen) atoms. The molecule has 0 unspecified atom stereocenters. The minimum Gasteiger partial charge on any atom is -0.0782 e. The summed E-state index contributed by atoms with van der Waals surface area (Å²) in [5.41, 5.74) is 2.99. The van der Waals surface area contributed by atoms with Gasteiger partial charge in [-0.05, 0) is 28.3 Å². The Labute approximate surface area is 98.2 Å². The lowest BCUT2D eigenvalue weighted by molar-refractivity contribution is 1.28. The van der Waals surface area contributed by atoms with Crippen molar-refractivity contribution >= 4 is 25.6 Å². The molecule has 0 aromatic heterocycles. The molecule has 1 aliphatic carbocycles. The van der Waals surface area contributed by atoms with Gasteiger partial charge in [-0.15, -0.1) is 0 Å². The van der Waals surface area contributed by atoms with E-state index < -0.39 is 0 Å². The standard InChI is InChI=1S/C15H15Si/c1-16(2)13-9-12-8-7-11-5-3-4-6-14(11)15(12)10-13/h3-8,10H,9H2,1-2H3. The number of benzene rings is 2. The summed E-state index contributed by atoms with van der Waals surface area (Å²) in [5.74, 6) is 0. The van der Waals surface area contributed by atoms with Gasteiger partial charge in [0.2, 0.25) is 0 Å². The van der Waals surface area contributed by atoms with Gasteiger partial charge in [0.25, 0.3) is 0 Å². The summed E-state index contributed by atoms with van der Waals surface area (Å²) in [7, 11) is -0.285. The van der Waals surface area contributed by atoms with Gasteiger partial charge in [0.1, 0.15) is 0 Å². The summed E-state index contributed by atoms with van der Waals surface area (Å²) in [6.07, 6.45) is 3.62. The molecule has 0 saturated heterocycles. The second kappa shape index (κ2) is 3.60. The van der Waals surface area contributed by atoms with E-state index in [4.69, 9.17) is 0 Å². The molecule has 2 aromatic carbocycles. The van der Waals surface area contributed by atoms with Gasteiger partial charge in [-0.3, -0.25) is 0 Å². The number of hydrogen-bond donors (Lipinski definition) is 0. The van der Waals surface area contributed by atoms with Crippen molar-refractivity contribution in [1.29, 1.82) is 0 Å². The van der Waals surface area contributed by atoms with Crippen molar-refractivity contribution < 1.29 is 0 Å². The van der Waals surface area contributed by atoms with E-state index in [2.05, 4.69) is 55.6 Å². The van der Waals surface area contributed by atoms with Crippen molar-refractivity contribution in [3.05, 3.63) is 52.7 Å². The lowest BCUT2D eigenvalue weighted by atomic mass is 10.0. The molecule has 0 heterocycles. The summed E-state index contributed by atoms with van der Waals surface area (Å²) in [4.78, 5) is 0. The summed E-state index contributed by atoms with van der Waals surface area (Å²) in [6.45, 7) is 4.76. The first-order chi connectivity index (χ1) is 7.75. The molecular formula is C15H15Si. The fraction of sp³-hybridized carbons (Fsp3) is 0.200. The predicted octanol–water partition coefficient (Wildman–Crippen LogP) is 4.07. The highest BCUT2D eigenvalue weighted by molar-refractivity contribution is 6.65. The Balaban J connectivity index is 2.25. The van der Waals surface area contributed by atoms with Crippen molar-refractivity contribution in [2.75, 3.05) is 0 Å². The van der Waals surface area contributed by atoms with Gasteiger partial charge in [-0.25, -0.2) is 0 Å². The first kappa shape index (κ1) is 9.85. The molecule has 1 heteroatoms. The molecular weight excluding hydrogens is 208 g/mol. The van der Waals surface area contributed by atoms with Crippen LogP contribution in [0.1, 0.15) is 11.1 Å². The Hall–Kier alpha value is -1.34. The van der Waals surface area contributed by atoms with Crippen LogP contribution in [0.25, 0.3) is 16.8 Å². The van der Waals surface area contributed by atoms with Gasteiger partial charge in [-0.2, -0.15) is 0 Å². The van der Waals surface area contributed by atoms with Crippen LogP contribution in [0.3, 0.4) is 0 Å². The van der Waals surface area contributed by atoms with Gasteiger partial charge in [0, 0.05) is 0 Å². The normalized spacial score (nSPS) is 14.3. The Bertz CT molecular complexity index is 579. The van der Waals surface area contributed by atoms with E-state index in [1.54, 1.807) is 5.20 Å². The SMILES string of the molecule is C[Si](C)C1=Cc2c(ccc3ccccc23)C1. The Morgan fingerprint density at radius 1 is 1.00 bits per heavy atom. The third kappa shape index (κ3) is 1.43. The smallest absolute Gasteiger partial charge is 0.0741 e. The molecule has 2 aromatic rings. The molecule has 1 aliphatic rings. The minimum absolute atomic E-state index is 0.285. The maximum absolute atomic E-state index is 2.44. The van der Waals surface area contributed by atoms with Gasteiger partial charge in [0.15, 0.2) is 0 Å². The van der Waals surface area contributed by atoms with Crippen molar-refractivity contribution in [3.8, 4) is 0 Å². The molecule has 0 bridgehead atoms. The summed E-state index contributed by atoms with van der Waals surface area (Å²) >= 11 is 0. The maximum atomic E-state index is 2.44. The van der Waals surface area contributed by atoms with Gasteiger partial charge in [0.05, 0.1) is 8.80 Å². The largest absolute Gasteiger partial charge is 0.0782 e. The number of allylic oxidation sites excluding steroid dienone is 1. The maximum Gasteiger partial charge on any atom is 0.0741 e. The molecule has 79 valence electrons. The van der Waals surface area contributed by atoms with E-state index in [1.807, 2.05) is 0 Å². The lowest BCUT2D eigenvalue weighted by Crippen LogP contribution is -2.04. The van der Waals surface area contributed by atoms with Gasteiger partial charge >= 0.3 is 0 Å². The predicted molar refractivity (Wildman–Crippen MR) is 73.1 cm³/mol. The molecule has 0 aliphatic heterocycles. The Kier molecular flexibility index (Phi) is 2.22. The van der Waals surface area contributed by atoms with Crippen LogP contribution >= 0.6 is 0 Å². The van der Waals surface area contributed by atoms with E-state index in [9.17, 15) is 0 Å². The highest BCUT2D eigenvalue weighted by Crippen LogP contribution is 2.32. The van der Waals surface area contributed by atoms with Crippen LogP contribution in [0.2, 0.25) is 13.1 Å². The number of hydrogen-bond acceptors (Lipinski definition) is 0. The topological polar surface area (TPSA) is 0 Å². The summed E-state index contributed by atoms with van der Waals surface area (Å²) in [6, 6.07) is 13.2. The van der Waals surface area contributed by atoms with Crippen molar-refractivity contribution in [3.63, 3.8) is 0 Å². The summed E-state index contributed by atoms with van der Waals surface area (Å²) in [5, 5.41) is 4.44. The van der Waals surface area contributed by atoms with Crippen LogP contribution < -0.4 is 0 Å². The fourth-order valence-corrected chi connectivity index (χ4v) is 3.39. The molecule has 0 atom stereocenters. The Morgan fingerprint density at radius 3 is 2.62 bits per heavy atom. The molecule has 0 amide bonds. The van der Waals surface area contributed by atoms with E-state index in [0.717, 1.165) is 0 Å². The van der Waals surface area contributed by atoms with Crippen molar-refractivity contribution in [2.24, 2.45) is 0 Å². The number of rotatable bonds is 1. The zero-order chi connectivity index (χ0) is 11.1. The molecule has 0 nitrogen and oxygen atoms in total. The fourth-order valence-electron chi connectivity index (χ4n) is 2.42. The average molecular weight is 223 g/mol. The minimum atomic E-state index is -0.285. The third-order valence-corrected chi connectivity index (χ3v) is 5.01. The molecule has 1 radical (unpaired) electrons. The van der Waals surface area contributed by atoms with Crippen LogP contribution in [0.4, 0.5) is 0 Å². The van der Waals surface area contributed by atoms with E-state index >= 15 is 0 Å². The highest BCUT2D eigenvalue weighted by Gasteiger charge is 2.17. The molecule has 0 spiro atoms. The number of fused-ring (bicyclic) bond motifs is 3. The monoisotopic (exact) mass is 223 g/mol. The molecule has 0 fully saturated rings. The second-order valence-electron chi connectivity index (χ2n) is 4.71. The van der Waals surface area contributed by atoms with Crippen LogP contribution in [-0.2, 0) is 6.42 Å². The lowest BCUT2D eigenvalue weighted by Gasteiger charge is -2.04. The third-order valence-electron chi connectivity index (χ3n) is 3.40. The second-order valence-corrected chi connectivity index (χ2v) is 7.35. The van der Waals surface area contributed by atoms with Crippen molar-refractivity contribution in [2.45, 2.75) is 19.5 Å². The van der Waals surface area contributed by atoms with Crippen LogP contribution in [0, 0.1) is 0 Å². The molecule has 0 saturated carbocycles. The van der Waals surface area contributed by atoms with Crippen molar-refractivity contribution in [1.82, 2.24) is 0 Å². The molecule has 3 rings (SSSR count). The quantitative estimate of drug-likeness (QED) is 0.639. The molecule has 0 N–H and O–H groups in total. The van der Waals surface area contributed by atoms with E-state index in [-0.39, 0.29) is 8.80 Å². The average Bonchev–Trinajstić information content (AvgIpc) is 2.73. The zero-order valence-corrected chi connectivity index (χ0v) is 10.7. The van der Waals surface area contributed by atoms with Crippen LogP contribution in [0.5, 0.6) is 0 Å². The van der Waals surface area contributed by atoms with E-state index in [0.29, 0.717) is 0 Å². The van der Waals surface area contributed by atoms with Crippen LogP contribution in [-0.4, -0.2) is 8.80 Å². The zero-order valence-electron chi connectivity index (χ0n) is 9.75. The van der Waals surface area contributed by atoms with Gasteiger partial charge < -0.3 is 0 Å². The highest BCUT2D eigenvalue weighted by atomic mass is 28.3. The first-order valence-electron chi connectivity index (χ1n) is 5.77. The van der Waals surface area contributed by atoms with E-state index in [1.165, 1.54) is 28.3 Å². The first-order valence-corrected chi connectivity index (χ1v) is 8.27. The summed E-state index contributed by atoms with van der Waals surface area (Å²) < 4.78 is 0.